The molecule has 0 aromatic heterocycles. The summed E-state index contributed by atoms with van der Waals surface area (Å²) < 4.78 is 11.7. The Labute approximate surface area is 156 Å². The topological polar surface area (TPSA) is 47.6 Å². The van der Waals surface area contributed by atoms with Gasteiger partial charge in [0.15, 0.2) is 0 Å². The van der Waals surface area contributed by atoms with Crippen molar-refractivity contribution in [3.05, 3.63) is 36.4 Å². The molecular weight excluding hydrogens is 326 g/mol. The Bertz CT molecular complexity index is 741. The van der Waals surface area contributed by atoms with Crippen molar-refractivity contribution in [1.29, 1.82) is 0 Å². The zero-order valence-corrected chi connectivity index (χ0v) is 16.6. The van der Waals surface area contributed by atoms with Crippen molar-refractivity contribution >= 4 is 22.4 Å². The van der Waals surface area contributed by atoms with E-state index < -0.39 is 5.60 Å². The van der Waals surface area contributed by atoms with Gasteiger partial charge in [-0.1, -0.05) is 45.0 Å². The van der Waals surface area contributed by atoms with E-state index in [1.807, 2.05) is 50.2 Å². The molecule has 0 aliphatic heterocycles. The quantitative estimate of drug-likeness (QED) is 0.653. The van der Waals surface area contributed by atoms with Gasteiger partial charge in [-0.3, -0.25) is 4.79 Å². The second kappa shape index (κ2) is 9.04. The number of carbonyl (C=O) groups is 1. The molecule has 0 aliphatic rings. The van der Waals surface area contributed by atoms with E-state index in [9.17, 15) is 4.79 Å². The first kappa shape index (κ1) is 20.2. The molecule has 2 aromatic carbocycles. The predicted octanol–water partition coefficient (Wildman–Crippen LogP) is 5.41. The molecule has 0 bridgehead atoms. The third-order valence-corrected chi connectivity index (χ3v) is 4.33. The highest BCUT2D eigenvalue weighted by Crippen LogP contribution is 2.33. The van der Waals surface area contributed by atoms with Gasteiger partial charge < -0.3 is 14.8 Å². The summed E-state index contributed by atoms with van der Waals surface area (Å²) in [5, 5.41) is 5.05. The van der Waals surface area contributed by atoms with Crippen LogP contribution in [0.5, 0.6) is 5.75 Å². The molecule has 4 heteroatoms. The number of anilines is 1. The van der Waals surface area contributed by atoms with Gasteiger partial charge in [-0.05, 0) is 44.7 Å². The Morgan fingerprint density at radius 1 is 1.12 bits per heavy atom. The summed E-state index contributed by atoms with van der Waals surface area (Å²) in [6.07, 6.45) is 1.62. The molecule has 0 saturated carbocycles. The standard InChI is InChI=1S/C22H31NO3/c1-6-14-25-20-13-12-19(17-10-8-9-11-18(17)20)23-21(24)22(5,26-7-2)15-16(3)4/h8-13,16H,6-7,14-15H2,1-5H3,(H,23,24)/t22-/m0/s1. The van der Waals surface area contributed by atoms with Gasteiger partial charge in [0.1, 0.15) is 11.4 Å². The van der Waals surface area contributed by atoms with Crippen LogP contribution in [-0.2, 0) is 9.53 Å². The van der Waals surface area contributed by atoms with Gasteiger partial charge in [-0.15, -0.1) is 0 Å². The summed E-state index contributed by atoms with van der Waals surface area (Å²) in [6.45, 7) is 11.2. The summed E-state index contributed by atoms with van der Waals surface area (Å²) >= 11 is 0. The van der Waals surface area contributed by atoms with Gasteiger partial charge >= 0.3 is 0 Å². The van der Waals surface area contributed by atoms with Crippen LogP contribution in [0.2, 0.25) is 0 Å². The number of carbonyl (C=O) groups excluding carboxylic acids is 1. The van der Waals surface area contributed by atoms with Crippen LogP contribution in [-0.4, -0.2) is 24.7 Å². The lowest BCUT2D eigenvalue weighted by Gasteiger charge is -2.30. The molecule has 0 saturated heterocycles. The normalized spacial score (nSPS) is 13.6. The monoisotopic (exact) mass is 357 g/mol. The first-order chi connectivity index (χ1) is 12.4. The Morgan fingerprint density at radius 3 is 2.42 bits per heavy atom. The minimum Gasteiger partial charge on any atom is -0.493 e. The number of hydrogen-bond donors (Lipinski definition) is 1. The molecule has 2 rings (SSSR count). The SMILES string of the molecule is CCCOc1ccc(NC(=O)[C@](C)(CC(C)C)OCC)c2ccccc12. The number of hydrogen-bond acceptors (Lipinski definition) is 3. The maximum atomic E-state index is 13.0. The Balaban J connectivity index is 2.34. The van der Waals surface area contributed by atoms with E-state index in [1.54, 1.807) is 0 Å². The molecule has 0 radical (unpaired) electrons. The van der Waals surface area contributed by atoms with E-state index in [2.05, 4.69) is 26.1 Å². The van der Waals surface area contributed by atoms with Crippen molar-refractivity contribution in [2.24, 2.45) is 5.92 Å². The highest BCUT2D eigenvalue weighted by atomic mass is 16.5. The summed E-state index contributed by atoms with van der Waals surface area (Å²) in [5.41, 5.74) is -0.0642. The van der Waals surface area contributed by atoms with Gasteiger partial charge in [0.05, 0.1) is 6.61 Å². The molecular formula is C22H31NO3. The molecule has 0 spiro atoms. The van der Waals surface area contributed by atoms with Crippen LogP contribution in [0, 0.1) is 5.92 Å². The fraction of sp³-hybridized carbons (Fsp3) is 0.500. The molecule has 142 valence electrons. The average Bonchev–Trinajstić information content (AvgIpc) is 2.60. The molecule has 2 aromatic rings. The van der Waals surface area contributed by atoms with Crippen molar-refractivity contribution in [2.75, 3.05) is 18.5 Å². The third kappa shape index (κ3) is 4.76. The minimum atomic E-state index is -0.846. The van der Waals surface area contributed by atoms with E-state index in [-0.39, 0.29) is 5.91 Å². The van der Waals surface area contributed by atoms with Crippen LogP contribution in [0.1, 0.15) is 47.5 Å². The maximum Gasteiger partial charge on any atom is 0.256 e. The van der Waals surface area contributed by atoms with Crippen molar-refractivity contribution in [3.63, 3.8) is 0 Å². The van der Waals surface area contributed by atoms with Gasteiger partial charge in [0, 0.05) is 23.1 Å². The second-order valence-corrected chi connectivity index (χ2v) is 7.22. The number of rotatable bonds is 9. The average molecular weight is 357 g/mol. The lowest BCUT2D eigenvalue weighted by atomic mass is 9.92. The van der Waals surface area contributed by atoms with Gasteiger partial charge in [-0.25, -0.2) is 0 Å². The third-order valence-electron chi connectivity index (χ3n) is 4.33. The largest absolute Gasteiger partial charge is 0.493 e. The molecule has 0 fully saturated rings. The molecule has 1 amide bonds. The molecule has 4 nitrogen and oxygen atoms in total. The lowest BCUT2D eigenvalue weighted by molar-refractivity contribution is -0.140. The maximum absolute atomic E-state index is 13.0. The van der Waals surface area contributed by atoms with Crippen LogP contribution in [0.25, 0.3) is 10.8 Å². The molecule has 26 heavy (non-hydrogen) atoms. The van der Waals surface area contributed by atoms with Crippen LogP contribution < -0.4 is 10.1 Å². The number of ether oxygens (including phenoxy) is 2. The van der Waals surface area contributed by atoms with Crippen molar-refractivity contribution < 1.29 is 14.3 Å². The summed E-state index contributed by atoms with van der Waals surface area (Å²) in [4.78, 5) is 13.0. The first-order valence-electron chi connectivity index (χ1n) is 9.51. The molecule has 1 N–H and O–H groups in total. The number of benzene rings is 2. The Hall–Kier alpha value is -2.07. The summed E-state index contributed by atoms with van der Waals surface area (Å²) in [7, 11) is 0. The van der Waals surface area contributed by atoms with Gasteiger partial charge in [-0.2, -0.15) is 0 Å². The highest BCUT2D eigenvalue weighted by molar-refractivity contribution is 6.06. The lowest BCUT2D eigenvalue weighted by Crippen LogP contribution is -2.44. The van der Waals surface area contributed by atoms with Crippen LogP contribution in [0.15, 0.2) is 36.4 Å². The molecule has 0 unspecified atom stereocenters. The van der Waals surface area contributed by atoms with Crippen LogP contribution >= 0.6 is 0 Å². The van der Waals surface area contributed by atoms with Gasteiger partial charge in [0.2, 0.25) is 0 Å². The Kier molecular flexibility index (Phi) is 7.04. The fourth-order valence-electron chi connectivity index (χ4n) is 3.29. The predicted molar refractivity (Wildman–Crippen MR) is 108 cm³/mol. The van der Waals surface area contributed by atoms with Crippen LogP contribution in [0.3, 0.4) is 0 Å². The number of nitrogens with one attached hydrogen (secondary N) is 1. The van der Waals surface area contributed by atoms with E-state index in [0.29, 0.717) is 25.6 Å². The molecule has 0 heterocycles. The van der Waals surface area contributed by atoms with E-state index in [1.165, 1.54) is 0 Å². The summed E-state index contributed by atoms with van der Waals surface area (Å²) in [6, 6.07) is 11.8. The van der Waals surface area contributed by atoms with Crippen molar-refractivity contribution in [2.45, 2.75) is 53.1 Å². The van der Waals surface area contributed by atoms with Crippen LogP contribution in [0.4, 0.5) is 5.69 Å². The van der Waals surface area contributed by atoms with E-state index in [0.717, 1.165) is 28.6 Å². The zero-order chi connectivity index (χ0) is 19.2. The van der Waals surface area contributed by atoms with E-state index in [4.69, 9.17) is 9.47 Å². The summed E-state index contributed by atoms with van der Waals surface area (Å²) in [5.74, 6) is 1.09. The Morgan fingerprint density at radius 2 is 1.81 bits per heavy atom. The number of amides is 1. The minimum absolute atomic E-state index is 0.111. The second-order valence-electron chi connectivity index (χ2n) is 7.22. The fourth-order valence-corrected chi connectivity index (χ4v) is 3.29. The zero-order valence-electron chi connectivity index (χ0n) is 16.6. The van der Waals surface area contributed by atoms with Gasteiger partial charge in [0.25, 0.3) is 5.91 Å². The van der Waals surface area contributed by atoms with Crippen molar-refractivity contribution in [1.82, 2.24) is 0 Å². The first-order valence-corrected chi connectivity index (χ1v) is 9.51. The number of fused-ring (bicyclic) bond motifs is 1. The molecule has 0 aliphatic carbocycles. The highest BCUT2D eigenvalue weighted by Gasteiger charge is 2.35. The van der Waals surface area contributed by atoms with Crippen molar-refractivity contribution in [3.8, 4) is 5.75 Å². The smallest absolute Gasteiger partial charge is 0.256 e. The van der Waals surface area contributed by atoms with E-state index >= 15 is 0 Å². The molecule has 1 atom stereocenters.